The van der Waals surface area contributed by atoms with Gasteiger partial charge in [-0.3, -0.25) is 0 Å². The third-order valence-corrected chi connectivity index (χ3v) is 4.31. The van der Waals surface area contributed by atoms with Crippen LogP contribution < -0.4 is 4.90 Å². The fourth-order valence-corrected chi connectivity index (χ4v) is 3.05. The molecule has 1 aromatic heterocycles. The predicted molar refractivity (Wildman–Crippen MR) is 86.3 cm³/mol. The van der Waals surface area contributed by atoms with E-state index in [2.05, 4.69) is 34.8 Å². The number of nitriles is 1. The third-order valence-electron chi connectivity index (χ3n) is 4.31. The minimum absolute atomic E-state index is 0.552. The zero-order valence-corrected chi connectivity index (χ0v) is 13.3. The van der Waals surface area contributed by atoms with Crippen LogP contribution in [0.4, 0.5) is 5.69 Å². The first-order valence-electron chi connectivity index (χ1n) is 8.03. The standard InChI is InChI=1S/C17H26N4/c1-3-4-10-20(2)14-15-7-11-21(12-8-15)17-6-5-9-19-16(17)13-18/h5-6,9,15H,3-4,7-8,10-12,14H2,1-2H3. The van der Waals surface area contributed by atoms with Crippen LogP contribution in [0.15, 0.2) is 18.3 Å². The predicted octanol–water partition coefficient (Wildman–Crippen LogP) is 2.90. The maximum Gasteiger partial charge on any atom is 0.163 e. The number of unbranched alkanes of at least 4 members (excludes halogenated alkanes) is 1. The highest BCUT2D eigenvalue weighted by atomic mass is 15.2. The molecule has 0 atom stereocenters. The molecule has 2 rings (SSSR count). The number of anilines is 1. The minimum atomic E-state index is 0.552. The molecule has 0 aliphatic carbocycles. The van der Waals surface area contributed by atoms with Gasteiger partial charge in [0, 0.05) is 25.8 Å². The lowest BCUT2D eigenvalue weighted by Gasteiger charge is -2.35. The van der Waals surface area contributed by atoms with Crippen molar-refractivity contribution in [1.29, 1.82) is 5.26 Å². The summed E-state index contributed by atoms with van der Waals surface area (Å²) in [6.45, 7) is 6.72. The van der Waals surface area contributed by atoms with Crippen molar-refractivity contribution < 1.29 is 0 Å². The van der Waals surface area contributed by atoms with Gasteiger partial charge in [-0.05, 0) is 50.9 Å². The molecule has 0 aromatic carbocycles. The van der Waals surface area contributed by atoms with E-state index in [1.807, 2.05) is 12.1 Å². The maximum atomic E-state index is 9.16. The molecule has 1 aliphatic rings. The summed E-state index contributed by atoms with van der Waals surface area (Å²) in [6.07, 6.45) is 6.65. The quantitative estimate of drug-likeness (QED) is 0.806. The molecule has 4 heteroatoms. The number of rotatable bonds is 6. The van der Waals surface area contributed by atoms with E-state index in [1.54, 1.807) is 6.20 Å². The zero-order valence-electron chi connectivity index (χ0n) is 13.3. The van der Waals surface area contributed by atoms with Crippen LogP contribution in [0.25, 0.3) is 0 Å². The van der Waals surface area contributed by atoms with Gasteiger partial charge in [0.1, 0.15) is 6.07 Å². The molecule has 0 spiro atoms. The average molecular weight is 286 g/mol. The Hall–Kier alpha value is -1.60. The Bertz CT molecular complexity index is 472. The van der Waals surface area contributed by atoms with E-state index in [1.165, 1.54) is 38.8 Å². The molecule has 21 heavy (non-hydrogen) atoms. The second kappa shape index (κ2) is 7.99. The number of nitrogens with zero attached hydrogens (tertiary/aromatic N) is 4. The van der Waals surface area contributed by atoms with Gasteiger partial charge in [-0.1, -0.05) is 13.3 Å². The number of pyridine rings is 1. The highest BCUT2D eigenvalue weighted by Gasteiger charge is 2.22. The molecule has 114 valence electrons. The van der Waals surface area contributed by atoms with E-state index in [9.17, 15) is 0 Å². The maximum absolute atomic E-state index is 9.16. The monoisotopic (exact) mass is 286 g/mol. The minimum Gasteiger partial charge on any atom is -0.369 e. The van der Waals surface area contributed by atoms with E-state index in [4.69, 9.17) is 5.26 Å². The zero-order chi connectivity index (χ0) is 15.1. The summed E-state index contributed by atoms with van der Waals surface area (Å²) in [5.74, 6) is 0.783. The molecular weight excluding hydrogens is 260 g/mol. The van der Waals surface area contributed by atoms with E-state index in [0.717, 1.165) is 24.7 Å². The number of hydrogen-bond acceptors (Lipinski definition) is 4. The van der Waals surface area contributed by atoms with Gasteiger partial charge in [-0.15, -0.1) is 0 Å². The summed E-state index contributed by atoms with van der Waals surface area (Å²) in [6, 6.07) is 6.13. The van der Waals surface area contributed by atoms with Crippen LogP contribution in [0.5, 0.6) is 0 Å². The summed E-state index contributed by atoms with van der Waals surface area (Å²) in [7, 11) is 2.23. The van der Waals surface area contributed by atoms with E-state index in [-0.39, 0.29) is 0 Å². The molecule has 1 fully saturated rings. The Morgan fingerprint density at radius 1 is 1.43 bits per heavy atom. The molecule has 0 bridgehead atoms. The summed E-state index contributed by atoms with van der Waals surface area (Å²) in [4.78, 5) is 8.94. The molecule has 2 heterocycles. The molecule has 0 N–H and O–H groups in total. The van der Waals surface area contributed by atoms with Gasteiger partial charge in [-0.25, -0.2) is 4.98 Å². The van der Waals surface area contributed by atoms with Crippen molar-refractivity contribution in [3.63, 3.8) is 0 Å². The first-order chi connectivity index (χ1) is 10.2. The smallest absolute Gasteiger partial charge is 0.163 e. The van der Waals surface area contributed by atoms with Crippen LogP contribution in [0.2, 0.25) is 0 Å². The number of piperidine rings is 1. The van der Waals surface area contributed by atoms with Crippen LogP contribution in [0, 0.1) is 17.2 Å². The highest BCUT2D eigenvalue weighted by molar-refractivity contribution is 5.55. The normalized spacial score (nSPS) is 16.2. The summed E-state index contributed by atoms with van der Waals surface area (Å²) in [5.41, 5.74) is 1.55. The van der Waals surface area contributed by atoms with E-state index < -0.39 is 0 Å². The Labute approximate surface area is 128 Å². The number of aromatic nitrogens is 1. The van der Waals surface area contributed by atoms with Gasteiger partial charge in [0.25, 0.3) is 0 Å². The van der Waals surface area contributed by atoms with Gasteiger partial charge in [0.05, 0.1) is 5.69 Å². The largest absolute Gasteiger partial charge is 0.369 e. The highest BCUT2D eigenvalue weighted by Crippen LogP contribution is 2.25. The van der Waals surface area contributed by atoms with Crippen LogP contribution in [-0.2, 0) is 0 Å². The van der Waals surface area contributed by atoms with Crippen molar-refractivity contribution in [2.45, 2.75) is 32.6 Å². The van der Waals surface area contributed by atoms with Crippen molar-refractivity contribution in [2.24, 2.45) is 5.92 Å². The molecular formula is C17H26N4. The van der Waals surface area contributed by atoms with Crippen molar-refractivity contribution in [2.75, 3.05) is 38.1 Å². The summed E-state index contributed by atoms with van der Waals surface area (Å²) >= 11 is 0. The average Bonchev–Trinajstić information content (AvgIpc) is 2.53. The first kappa shape index (κ1) is 15.8. The van der Waals surface area contributed by atoms with E-state index >= 15 is 0 Å². The van der Waals surface area contributed by atoms with Crippen LogP contribution >= 0.6 is 0 Å². The van der Waals surface area contributed by atoms with Crippen molar-refractivity contribution >= 4 is 5.69 Å². The Kier molecular flexibility index (Phi) is 6.01. The topological polar surface area (TPSA) is 43.2 Å². The second-order valence-corrected chi connectivity index (χ2v) is 6.03. The molecule has 0 amide bonds. The summed E-state index contributed by atoms with van der Waals surface area (Å²) < 4.78 is 0. The van der Waals surface area contributed by atoms with Crippen molar-refractivity contribution in [3.05, 3.63) is 24.0 Å². The Morgan fingerprint density at radius 3 is 2.86 bits per heavy atom. The van der Waals surface area contributed by atoms with Crippen molar-refractivity contribution in [3.8, 4) is 6.07 Å². The second-order valence-electron chi connectivity index (χ2n) is 6.03. The van der Waals surface area contributed by atoms with Gasteiger partial charge in [0.2, 0.25) is 0 Å². The van der Waals surface area contributed by atoms with Crippen LogP contribution in [0.1, 0.15) is 38.3 Å². The summed E-state index contributed by atoms with van der Waals surface area (Å²) in [5, 5.41) is 9.16. The lowest BCUT2D eigenvalue weighted by atomic mass is 9.95. The molecule has 1 aliphatic heterocycles. The lowest BCUT2D eigenvalue weighted by Crippen LogP contribution is -2.38. The van der Waals surface area contributed by atoms with Crippen LogP contribution in [0.3, 0.4) is 0 Å². The lowest BCUT2D eigenvalue weighted by molar-refractivity contribution is 0.246. The van der Waals surface area contributed by atoms with E-state index in [0.29, 0.717) is 5.69 Å². The molecule has 4 nitrogen and oxygen atoms in total. The fraction of sp³-hybridized carbons (Fsp3) is 0.647. The molecule has 0 saturated carbocycles. The fourth-order valence-electron chi connectivity index (χ4n) is 3.05. The Balaban J connectivity index is 1.84. The first-order valence-corrected chi connectivity index (χ1v) is 8.03. The van der Waals surface area contributed by atoms with Gasteiger partial charge in [0.15, 0.2) is 5.69 Å². The number of hydrogen-bond donors (Lipinski definition) is 0. The molecule has 0 radical (unpaired) electrons. The SMILES string of the molecule is CCCCN(C)CC1CCN(c2cccnc2C#N)CC1. The van der Waals surface area contributed by atoms with Gasteiger partial charge < -0.3 is 9.80 Å². The Morgan fingerprint density at radius 2 is 2.19 bits per heavy atom. The molecule has 1 saturated heterocycles. The third kappa shape index (κ3) is 4.44. The van der Waals surface area contributed by atoms with Gasteiger partial charge in [-0.2, -0.15) is 5.26 Å². The molecule has 1 aromatic rings. The van der Waals surface area contributed by atoms with Crippen LogP contribution in [-0.4, -0.2) is 43.1 Å². The van der Waals surface area contributed by atoms with Crippen molar-refractivity contribution in [1.82, 2.24) is 9.88 Å². The molecule has 0 unspecified atom stereocenters. The van der Waals surface area contributed by atoms with Gasteiger partial charge >= 0.3 is 0 Å².